The summed E-state index contributed by atoms with van der Waals surface area (Å²) in [5.41, 5.74) is 1.62. The highest BCUT2D eigenvalue weighted by Crippen LogP contribution is 2.24. The molecular formula is C18H23N3. The molecule has 110 valence electrons. The summed E-state index contributed by atoms with van der Waals surface area (Å²) in [6.45, 7) is 8.41. The molecule has 0 fully saturated rings. The Kier molecular flexibility index (Phi) is 5.16. The van der Waals surface area contributed by atoms with E-state index in [1.54, 1.807) is 0 Å². The van der Waals surface area contributed by atoms with Crippen molar-refractivity contribution in [2.75, 3.05) is 18.0 Å². The second-order valence-corrected chi connectivity index (χ2v) is 5.39. The SMILES string of the molecule is CCC(CC)CN(CC)c1nc2ccccc2cc1C#N. The van der Waals surface area contributed by atoms with Crippen molar-refractivity contribution >= 4 is 16.7 Å². The fraction of sp³-hybridized carbons (Fsp3) is 0.444. The van der Waals surface area contributed by atoms with Gasteiger partial charge in [0.2, 0.25) is 0 Å². The molecule has 1 aromatic carbocycles. The number of hydrogen-bond donors (Lipinski definition) is 0. The van der Waals surface area contributed by atoms with Gasteiger partial charge in [-0.2, -0.15) is 5.26 Å². The largest absolute Gasteiger partial charge is 0.356 e. The van der Waals surface area contributed by atoms with Crippen LogP contribution in [0.2, 0.25) is 0 Å². The first-order valence-electron chi connectivity index (χ1n) is 7.78. The normalized spacial score (nSPS) is 10.8. The molecule has 0 aliphatic rings. The molecule has 3 nitrogen and oxygen atoms in total. The molecule has 0 amide bonds. The molecule has 0 spiro atoms. The molecule has 3 heteroatoms. The van der Waals surface area contributed by atoms with E-state index in [1.807, 2.05) is 30.3 Å². The highest BCUT2D eigenvalue weighted by Gasteiger charge is 2.16. The Morgan fingerprint density at radius 3 is 2.52 bits per heavy atom. The standard InChI is InChI=1S/C18H23N3/c1-4-14(5-2)13-21(6-3)18-16(12-19)11-15-9-7-8-10-17(15)20-18/h7-11,14H,4-6,13H2,1-3H3. The van der Waals surface area contributed by atoms with Crippen LogP contribution in [0.1, 0.15) is 39.2 Å². The molecule has 2 aromatic rings. The van der Waals surface area contributed by atoms with Crippen LogP contribution in [0, 0.1) is 17.2 Å². The summed E-state index contributed by atoms with van der Waals surface area (Å²) >= 11 is 0. The van der Waals surface area contributed by atoms with Crippen LogP contribution >= 0.6 is 0 Å². The average Bonchev–Trinajstić information content (AvgIpc) is 2.55. The number of anilines is 1. The summed E-state index contributed by atoms with van der Waals surface area (Å²) in [6, 6.07) is 12.2. The molecule has 0 saturated carbocycles. The molecule has 1 aromatic heterocycles. The van der Waals surface area contributed by atoms with Crippen LogP contribution in [-0.4, -0.2) is 18.1 Å². The van der Waals surface area contributed by atoms with Crippen molar-refractivity contribution in [3.05, 3.63) is 35.9 Å². The number of aromatic nitrogens is 1. The van der Waals surface area contributed by atoms with Gasteiger partial charge in [0.15, 0.2) is 0 Å². The van der Waals surface area contributed by atoms with E-state index in [0.29, 0.717) is 11.5 Å². The molecule has 21 heavy (non-hydrogen) atoms. The Labute approximate surface area is 127 Å². The summed E-state index contributed by atoms with van der Waals surface area (Å²) < 4.78 is 0. The predicted octanol–water partition coefficient (Wildman–Crippen LogP) is 4.37. The van der Waals surface area contributed by atoms with E-state index in [1.165, 1.54) is 0 Å². The molecule has 0 N–H and O–H groups in total. The topological polar surface area (TPSA) is 39.9 Å². The second-order valence-electron chi connectivity index (χ2n) is 5.39. The van der Waals surface area contributed by atoms with Crippen molar-refractivity contribution < 1.29 is 0 Å². The predicted molar refractivity (Wildman–Crippen MR) is 88.4 cm³/mol. The van der Waals surface area contributed by atoms with Gasteiger partial charge in [-0.05, 0) is 25.0 Å². The van der Waals surface area contributed by atoms with Crippen LogP contribution in [0.5, 0.6) is 0 Å². The molecule has 0 atom stereocenters. The molecule has 0 radical (unpaired) electrons. The minimum atomic E-state index is 0.643. The average molecular weight is 281 g/mol. The van der Waals surface area contributed by atoms with Crippen LogP contribution in [0.4, 0.5) is 5.82 Å². The second kappa shape index (κ2) is 7.08. The number of fused-ring (bicyclic) bond motifs is 1. The fourth-order valence-electron chi connectivity index (χ4n) is 2.65. The first-order chi connectivity index (χ1) is 10.2. The van der Waals surface area contributed by atoms with Crippen LogP contribution in [0.25, 0.3) is 10.9 Å². The Bertz CT molecular complexity index is 638. The lowest BCUT2D eigenvalue weighted by molar-refractivity contribution is 0.484. The van der Waals surface area contributed by atoms with E-state index in [4.69, 9.17) is 4.98 Å². The number of para-hydroxylation sites is 1. The highest BCUT2D eigenvalue weighted by atomic mass is 15.2. The van der Waals surface area contributed by atoms with Gasteiger partial charge in [-0.1, -0.05) is 44.9 Å². The minimum absolute atomic E-state index is 0.643. The van der Waals surface area contributed by atoms with Crippen LogP contribution in [0.3, 0.4) is 0 Å². The molecule has 1 heterocycles. The van der Waals surface area contributed by atoms with Crippen LogP contribution in [0.15, 0.2) is 30.3 Å². The van der Waals surface area contributed by atoms with Gasteiger partial charge in [0, 0.05) is 18.5 Å². The molecule has 0 unspecified atom stereocenters. The van der Waals surface area contributed by atoms with E-state index in [0.717, 1.165) is 42.7 Å². The van der Waals surface area contributed by atoms with Gasteiger partial charge in [-0.25, -0.2) is 4.98 Å². The first-order valence-corrected chi connectivity index (χ1v) is 7.78. The van der Waals surface area contributed by atoms with Crippen molar-refractivity contribution in [2.45, 2.75) is 33.6 Å². The minimum Gasteiger partial charge on any atom is -0.356 e. The summed E-state index contributed by atoms with van der Waals surface area (Å²) in [6.07, 6.45) is 2.31. The third kappa shape index (κ3) is 3.33. The maximum atomic E-state index is 9.45. The van der Waals surface area contributed by atoms with Gasteiger partial charge in [-0.15, -0.1) is 0 Å². The number of pyridine rings is 1. The maximum Gasteiger partial charge on any atom is 0.147 e. The lowest BCUT2D eigenvalue weighted by Gasteiger charge is -2.27. The monoisotopic (exact) mass is 281 g/mol. The molecule has 0 aliphatic carbocycles. The fourth-order valence-corrected chi connectivity index (χ4v) is 2.65. The summed E-state index contributed by atoms with van der Waals surface area (Å²) in [7, 11) is 0. The van der Waals surface area contributed by atoms with E-state index in [-0.39, 0.29) is 0 Å². The Balaban J connectivity index is 2.44. The quantitative estimate of drug-likeness (QED) is 0.789. The molecular weight excluding hydrogens is 258 g/mol. The summed E-state index contributed by atoms with van der Waals surface area (Å²) in [5, 5.41) is 10.5. The number of benzene rings is 1. The number of nitrogens with zero attached hydrogens (tertiary/aromatic N) is 3. The van der Waals surface area contributed by atoms with Crippen molar-refractivity contribution in [3.8, 4) is 6.07 Å². The third-order valence-electron chi connectivity index (χ3n) is 4.14. The van der Waals surface area contributed by atoms with Gasteiger partial charge in [-0.3, -0.25) is 0 Å². The third-order valence-corrected chi connectivity index (χ3v) is 4.14. The van der Waals surface area contributed by atoms with Gasteiger partial charge >= 0.3 is 0 Å². The van der Waals surface area contributed by atoms with Crippen molar-refractivity contribution in [2.24, 2.45) is 5.92 Å². The Hall–Kier alpha value is -2.08. The Morgan fingerprint density at radius 1 is 1.19 bits per heavy atom. The van der Waals surface area contributed by atoms with E-state index >= 15 is 0 Å². The zero-order valence-electron chi connectivity index (χ0n) is 13.1. The lowest BCUT2D eigenvalue weighted by atomic mass is 10.0. The van der Waals surface area contributed by atoms with Crippen molar-refractivity contribution in [3.63, 3.8) is 0 Å². The summed E-state index contributed by atoms with van der Waals surface area (Å²) in [5.74, 6) is 1.47. The molecule has 0 bridgehead atoms. The molecule has 0 aliphatic heterocycles. The highest BCUT2D eigenvalue weighted by molar-refractivity contribution is 5.83. The summed E-state index contributed by atoms with van der Waals surface area (Å²) in [4.78, 5) is 6.98. The van der Waals surface area contributed by atoms with Crippen LogP contribution in [-0.2, 0) is 0 Å². The van der Waals surface area contributed by atoms with E-state index in [2.05, 4.69) is 31.7 Å². The number of rotatable bonds is 6. The Morgan fingerprint density at radius 2 is 1.90 bits per heavy atom. The molecule has 2 rings (SSSR count). The van der Waals surface area contributed by atoms with E-state index in [9.17, 15) is 5.26 Å². The van der Waals surface area contributed by atoms with E-state index < -0.39 is 0 Å². The zero-order chi connectivity index (χ0) is 15.2. The van der Waals surface area contributed by atoms with Crippen molar-refractivity contribution in [1.82, 2.24) is 4.98 Å². The number of hydrogen-bond acceptors (Lipinski definition) is 3. The van der Waals surface area contributed by atoms with Gasteiger partial charge < -0.3 is 4.90 Å². The van der Waals surface area contributed by atoms with Gasteiger partial charge in [0.1, 0.15) is 11.9 Å². The first kappa shape index (κ1) is 15.3. The smallest absolute Gasteiger partial charge is 0.147 e. The zero-order valence-corrected chi connectivity index (χ0v) is 13.1. The van der Waals surface area contributed by atoms with Gasteiger partial charge in [0.05, 0.1) is 11.1 Å². The van der Waals surface area contributed by atoms with Crippen molar-refractivity contribution in [1.29, 1.82) is 5.26 Å². The maximum absolute atomic E-state index is 9.45. The molecule has 0 saturated heterocycles. The lowest BCUT2D eigenvalue weighted by Crippen LogP contribution is -2.30. The van der Waals surface area contributed by atoms with Gasteiger partial charge in [0.25, 0.3) is 0 Å². The van der Waals surface area contributed by atoms with Crippen LogP contribution < -0.4 is 4.90 Å². The number of nitriles is 1.